The predicted molar refractivity (Wildman–Crippen MR) is 50.1 cm³/mol. The third kappa shape index (κ3) is 2.80. The first-order valence-electron chi connectivity index (χ1n) is 4.45. The molecule has 1 aromatic rings. The summed E-state index contributed by atoms with van der Waals surface area (Å²) in [5.41, 5.74) is 0. The van der Waals surface area contributed by atoms with Crippen molar-refractivity contribution in [3.63, 3.8) is 0 Å². The number of methoxy groups -OCH3 is 1. The van der Waals surface area contributed by atoms with Crippen molar-refractivity contribution in [2.75, 3.05) is 20.2 Å². The van der Waals surface area contributed by atoms with Crippen LogP contribution in [0.2, 0.25) is 0 Å². The molecule has 0 radical (unpaired) electrons. The van der Waals surface area contributed by atoms with Crippen molar-refractivity contribution in [3.05, 3.63) is 18.0 Å². The molecule has 82 valence electrons. The Morgan fingerprint density at radius 3 is 2.80 bits per heavy atom. The van der Waals surface area contributed by atoms with Crippen molar-refractivity contribution >= 4 is 11.9 Å². The molecule has 15 heavy (non-hydrogen) atoms. The van der Waals surface area contributed by atoms with Gasteiger partial charge in [0.25, 0.3) is 5.91 Å². The third-order valence-corrected chi connectivity index (χ3v) is 1.87. The monoisotopic (exact) mass is 212 g/mol. The van der Waals surface area contributed by atoms with Gasteiger partial charge >= 0.3 is 5.97 Å². The van der Waals surface area contributed by atoms with Crippen molar-refractivity contribution in [3.8, 4) is 0 Å². The van der Waals surface area contributed by atoms with Crippen LogP contribution in [0.25, 0.3) is 0 Å². The van der Waals surface area contributed by atoms with E-state index in [0.717, 1.165) is 0 Å². The van der Waals surface area contributed by atoms with Gasteiger partial charge in [0.15, 0.2) is 0 Å². The average molecular weight is 212 g/mol. The molecule has 1 rings (SSSR count). The molecule has 1 aromatic heterocycles. The standard InChI is InChI=1S/C9H12N2O4/c1-3-11(6-8(12)14-2)9(13)7-4-5-10-15-7/h4-5H,3,6H2,1-2H3. The number of carbonyl (C=O) groups excluding carboxylic acids is 2. The number of amides is 1. The van der Waals surface area contributed by atoms with Crippen LogP contribution in [0.5, 0.6) is 0 Å². The first kappa shape index (κ1) is 11.2. The minimum absolute atomic E-state index is 0.0907. The lowest BCUT2D eigenvalue weighted by molar-refractivity contribution is -0.141. The summed E-state index contributed by atoms with van der Waals surface area (Å²) in [5.74, 6) is -0.731. The molecule has 0 saturated carbocycles. The van der Waals surface area contributed by atoms with E-state index in [1.54, 1.807) is 6.92 Å². The van der Waals surface area contributed by atoms with Gasteiger partial charge in [-0.3, -0.25) is 9.59 Å². The number of likely N-dealkylation sites (N-methyl/N-ethyl adjacent to an activating group) is 1. The van der Waals surface area contributed by atoms with Gasteiger partial charge in [-0.15, -0.1) is 0 Å². The van der Waals surface area contributed by atoms with Crippen LogP contribution in [-0.2, 0) is 9.53 Å². The Labute approximate surface area is 86.8 Å². The molecular weight excluding hydrogens is 200 g/mol. The maximum absolute atomic E-state index is 11.7. The van der Waals surface area contributed by atoms with Crippen molar-refractivity contribution in [2.24, 2.45) is 0 Å². The molecule has 0 aliphatic carbocycles. The van der Waals surface area contributed by atoms with Crippen molar-refractivity contribution in [1.29, 1.82) is 0 Å². The van der Waals surface area contributed by atoms with Crippen LogP contribution in [-0.4, -0.2) is 42.1 Å². The van der Waals surface area contributed by atoms with E-state index in [2.05, 4.69) is 9.89 Å². The van der Waals surface area contributed by atoms with Gasteiger partial charge in [-0.05, 0) is 6.92 Å². The highest BCUT2D eigenvalue weighted by atomic mass is 16.5. The number of nitrogens with zero attached hydrogens (tertiary/aromatic N) is 2. The van der Waals surface area contributed by atoms with E-state index in [9.17, 15) is 9.59 Å². The van der Waals surface area contributed by atoms with Gasteiger partial charge in [-0.2, -0.15) is 0 Å². The van der Waals surface area contributed by atoms with E-state index in [-0.39, 0.29) is 18.2 Å². The molecule has 0 unspecified atom stereocenters. The molecule has 1 amide bonds. The second kappa shape index (κ2) is 5.14. The van der Waals surface area contributed by atoms with Gasteiger partial charge in [0.05, 0.1) is 13.3 Å². The maximum atomic E-state index is 11.7. The fourth-order valence-corrected chi connectivity index (χ4v) is 1.03. The second-order valence-electron chi connectivity index (χ2n) is 2.77. The highest BCUT2D eigenvalue weighted by Crippen LogP contribution is 2.03. The molecule has 0 atom stereocenters. The van der Waals surface area contributed by atoms with Crippen LogP contribution in [0, 0.1) is 0 Å². The van der Waals surface area contributed by atoms with Crippen molar-refractivity contribution in [1.82, 2.24) is 10.1 Å². The van der Waals surface area contributed by atoms with Gasteiger partial charge in [-0.1, -0.05) is 5.16 Å². The maximum Gasteiger partial charge on any atom is 0.325 e. The Kier molecular flexibility index (Phi) is 3.84. The Morgan fingerprint density at radius 1 is 1.60 bits per heavy atom. The zero-order chi connectivity index (χ0) is 11.3. The van der Waals surface area contributed by atoms with Crippen LogP contribution in [0.3, 0.4) is 0 Å². The first-order valence-corrected chi connectivity index (χ1v) is 4.45. The van der Waals surface area contributed by atoms with Crippen LogP contribution in [0.15, 0.2) is 16.8 Å². The van der Waals surface area contributed by atoms with Crippen molar-refractivity contribution < 1.29 is 18.8 Å². The average Bonchev–Trinajstić information content (AvgIpc) is 2.77. The normalized spacial score (nSPS) is 9.73. The molecule has 6 nitrogen and oxygen atoms in total. The molecule has 6 heteroatoms. The van der Waals surface area contributed by atoms with E-state index >= 15 is 0 Å². The molecule has 1 heterocycles. The van der Waals surface area contributed by atoms with Gasteiger partial charge in [0.1, 0.15) is 6.54 Å². The lowest BCUT2D eigenvalue weighted by atomic mass is 10.3. The molecule has 0 N–H and O–H groups in total. The minimum Gasteiger partial charge on any atom is -0.468 e. The Bertz CT molecular complexity index is 334. The lowest BCUT2D eigenvalue weighted by Crippen LogP contribution is -2.35. The quantitative estimate of drug-likeness (QED) is 0.671. The molecular formula is C9H12N2O4. The first-order chi connectivity index (χ1) is 7.19. The summed E-state index contributed by atoms with van der Waals surface area (Å²) in [6, 6.07) is 1.45. The molecule has 0 aliphatic heterocycles. The molecule has 0 spiro atoms. The summed E-state index contributed by atoms with van der Waals surface area (Å²) in [4.78, 5) is 24.0. The van der Waals surface area contributed by atoms with E-state index in [4.69, 9.17) is 4.52 Å². The van der Waals surface area contributed by atoms with Gasteiger partial charge < -0.3 is 14.2 Å². The van der Waals surface area contributed by atoms with Gasteiger partial charge in [0, 0.05) is 12.6 Å². The van der Waals surface area contributed by atoms with Crippen LogP contribution >= 0.6 is 0 Å². The molecule has 0 fully saturated rings. The number of carbonyl (C=O) groups is 2. The molecule has 0 aliphatic rings. The number of ether oxygens (including phenoxy) is 1. The summed E-state index contributed by atoms with van der Waals surface area (Å²) in [6.45, 7) is 2.07. The third-order valence-electron chi connectivity index (χ3n) is 1.87. The highest BCUT2D eigenvalue weighted by Gasteiger charge is 2.20. The predicted octanol–water partition coefficient (Wildman–Crippen LogP) is 0.310. The summed E-state index contributed by atoms with van der Waals surface area (Å²) in [7, 11) is 1.27. The number of hydrogen-bond acceptors (Lipinski definition) is 5. The van der Waals surface area contributed by atoms with Crippen molar-refractivity contribution in [2.45, 2.75) is 6.92 Å². The topological polar surface area (TPSA) is 72.6 Å². The molecule has 0 aromatic carbocycles. The Balaban J connectivity index is 2.67. The van der Waals surface area contributed by atoms with E-state index in [0.29, 0.717) is 6.54 Å². The van der Waals surface area contributed by atoms with E-state index in [1.165, 1.54) is 24.3 Å². The van der Waals surface area contributed by atoms with E-state index < -0.39 is 5.97 Å². The van der Waals surface area contributed by atoms with Crippen LogP contribution in [0.4, 0.5) is 0 Å². The zero-order valence-electron chi connectivity index (χ0n) is 8.60. The minimum atomic E-state index is -0.468. The number of hydrogen-bond donors (Lipinski definition) is 0. The smallest absolute Gasteiger partial charge is 0.325 e. The SMILES string of the molecule is CCN(CC(=O)OC)C(=O)c1ccno1. The number of aromatic nitrogens is 1. The summed E-state index contributed by atoms with van der Waals surface area (Å²) in [6.07, 6.45) is 1.37. The fraction of sp³-hybridized carbons (Fsp3) is 0.444. The summed E-state index contributed by atoms with van der Waals surface area (Å²) >= 11 is 0. The summed E-state index contributed by atoms with van der Waals surface area (Å²) in [5, 5.41) is 3.42. The number of rotatable bonds is 4. The highest BCUT2D eigenvalue weighted by molar-refractivity contribution is 5.93. The lowest BCUT2D eigenvalue weighted by Gasteiger charge is -2.17. The van der Waals surface area contributed by atoms with Gasteiger partial charge in [-0.25, -0.2) is 0 Å². The van der Waals surface area contributed by atoms with Crippen LogP contribution < -0.4 is 0 Å². The largest absolute Gasteiger partial charge is 0.468 e. The zero-order valence-corrected chi connectivity index (χ0v) is 8.60. The number of esters is 1. The fourth-order valence-electron chi connectivity index (χ4n) is 1.03. The van der Waals surface area contributed by atoms with Gasteiger partial charge in [0.2, 0.25) is 5.76 Å². The second-order valence-corrected chi connectivity index (χ2v) is 2.77. The molecule has 0 saturated heterocycles. The molecule has 0 bridgehead atoms. The van der Waals surface area contributed by atoms with Crippen LogP contribution in [0.1, 0.15) is 17.5 Å². The van der Waals surface area contributed by atoms with E-state index in [1.807, 2.05) is 0 Å². The Hall–Kier alpha value is -1.85. The summed E-state index contributed by atoms with van der Waals surface area (Å²) < 4.78 is 9.17. The Morgan fingerprint density at radius 2 is 2.33 bits per heavy atom.